The van der Waals surface area contributed by atoms with Gasteiger partial charge in [-0.05, 0) is 23.3 Å². The molecule has 5 heteroatoms. The molecule has 22 heavy (non-hydrogen) atoms. The monoisotopic (exact) mass is 304 g/mol. The standard InChI is InChI=1S/C17H11F3O2/c18-13-6-9(7-14(19)16(13)20)5-12-15(21)8-10-3-1-2-4-11(10)17(12)22/h1-4,6-7,22H,5,8H2. The third-order valence-electron chi connectivity index (χ3n) is 3.67. The van der Waals surface area contributed by atoms with E-state index in [9.17, 15) is 23.1 Å². The number of fused-ring (bicyclic) bond motifs is 1. The van der Waals surface area contributed by atoms with Crippen molar-refractivity contribution in [1.29, 1.82) is 0 Å². The lowest BCUT2D eigenvalue weighted by Crippen LogP contribution is -2.17. The van der Waals surface area contributed by atoms with E-state index in [0.29, 0.717) is 11.1 Å². The van der Waals surface area contributed by atoms with E-state index in [1.165, 1.54) is 0 Å². The van der Waals surface area contributed by atoms with Crippen molar-refractivity contribution in [1.82, 2.24) is 0 Å². The largest absolute Gasteiger partial charge is 0.507 e. The van der Waals surface area contributed by atoms with Crippen LogP contribution in [0.15, 0.2) is 42.0 Å². The first-order valence-electron chi connectivity index (χ1n) is 6.64. The van der Waals surface area contributed by atoms with Gasteiger partial charge in [-0.1, -0.05) is 24.3 Å². The Balaban J connectivity index is 2.03. The molecule has 1 aliphatic carbocycles. The van der Waals surface area contributed by atoms with E-state index in [1.54, 1.807) is 24.3 Å². The van der Waals surface area contributed by atoms with Crippen LogP contribution in [0, 0.1) is 17.5 Å². The predicted molar refractivity (Wildman–Crippen MR) is 74.7 cm³/mol. The molecular weight excluding hydrogens is 293 g/mol. The molecule has 0 bridgehead atoms. The molecule has 1 aliphatic rings. The van der Waals surface area contributed by atoms with Gasteiger partial charge in [0, 0.05) is 24.0 Å². The summed E-state index contributed by atoms with van der Waals surface area (Å²) in [5, 5.41) is 10.2. The Morgan fingerprint density at radius 1 is 1.05 bits per heavy atom. The average molecular weight is 304 g/mol. The SMILES string of the molecule is O=C1Cc2ccccc2C(O)=C1Cc1cc(F)c(F)c(F)c1. The van der Waals surface area contributed by atoms with Crippen LogP contribution in [0.3, 0.4) is 0 Å². The lowest BCUT2D eigenvalue weighted by atomic mass is 9.86. The molecule has 0 fully saturated rings. The first-order chi connectivity index (χ1) is 10.5. The number of aliphatic hydroxyl groups excluding tert-OH is 1. The van der Waals surface area contributed by atoms with E-state index < -0.39 is 17.5 Å². The molecule has 0 heterocycles. The Bertz CT molecular complexity index is 786. The van der Waals surface area contributed by atoms with Crippen LogP contribution < -0.4 is 0 Å². The fraction of sp³-hybridized carbons (Fsp3) is 0.118. The van der Waals surface area contributed by atoms with Crippen LogP contribution in [0.2, 0.25) is 0 Å². The lowest BCUT2D eigenvalue weighted by molar-refractivity contribution is -0.115. The van der Waals surface area contributed by atoms with E-state index >= 15 is 0 Å². The zero-order valence-corrected chi connectivity index (χ0v) is 11.4. The van der Waals surface area contributed by atoms with Crippen LogP contribution in [-0.4, -0.2) is 10.9 Å². The number of allylic oxidation sites excluding steroid dienone is 1. The van der Waals surface area contributed by atoms with Gasteiger partial charge in [0.05, 0.1) is 0 Å². The number of halogens is 3. The van der Waals surface area contributed by atoms with E-state index in [0.717, 1.165) is 12.1 Å². The molecule has 0 amide bonds. The zero-order valence-electron chi connectivity index (χ0n) is 11.4. The fourth-order valence-electron chi connectivity index (χ4n) is 2.58. The van der Waals surface area contributed by atoms with Crippen molar-refractivity contribution in [2.24, 2.45) is 0 Å². The van der Waals surface area contributed by atoms with Gasteiger partial charge in [-0.3, -0.25) is 4.79 Å². The molecule has 0 saturated carbocycles. The molecule has 112 valence electrons. The second kappa shape index (κ2) is 5.33. The first kappa shape index (κ1) is 14.4. The Kier molecular flexibility index (Phi) is 3.48. The number of benzene rings is 2. The van der Waals surface area contributed by atoms with E-state index in [-0.39, 0.29) is 35.5 Å². The molecule has 2 nitrogen and oxygen atoms in total. The predicted octanol–water partition coefficient (Wildman–Crippen LogP) is 3.74. The second-order valence-corrected chi connectivity index (χ2v) is 5.13. The van der Waals surface area contributed by atoms with Crippen molar-refractivity contribution in [3.05, 3.63) is 76.1 Å². The maximum absolute atomic E-state index is 13.2. The Hall–Kier alpha value is -2.56. The normalized spacial score (nSPS) is 14.2. The highest BCUT2D eigenvalue weighted by Gasteiger charge is 2.25. The van der Waals surface area contributed by atoms with E-state index in [2.05, 4.69) is 0 Å². The van der Waals surface area contributed by atoms with Crippen LogP contribution in [0.4, 0.5) is 13.2 Å². The van der Waals surface area contributed by atoms with Gasteiger partial charge in [-0.25, -0.2) is 13.2 Å². The molecule has 0 aromatic heterocycles. The van der Waals surface area contributed by atoms with Crippen LogP contribution in [0.5, 0.6) is 0 Å². The van der Waals surface area contributed by atoms with Gasteiger partial charge in [0.2, 0.25) is 0 Å². The molecule has 0 atom stereocenters. The highest BCUT2D eigenvalue weighted by Crippen LogP contribution is 2.29. The first-order valence-corrected chi connectivity index (χ1v) is 6.64. The summed E-state index contributed by atoms with van der Waals surface area (Å²) in [4.78, 5) is 12.1. The molecule has 0 aliphatic heterocycles. The van der Waals surface area contributed by atoms with Gasteiger partial charge in [-0.15, -0.1) is 0 Å². The summed E-state index contributed by atoms with van der Waals surface area (Å²) < 4.78 is 39.5. The van der Waals surface area contributed by atoms with Crippen molar-refractivity contribution < 1.29 is 23.1 Å². The minimum absolute atomic E-state index is 0.0732. The summed E-state index contributed by atoms with van der Waals surface area (Å²) >= 11 is 0. The summed E-state index contributed by atoms with van der Waals surface area (Å²) in [6.07, 6.45) is -0.0468. The van der Waals surface area contributed by atoms with Crippen molar-refractivity contribution in [2.75, 3.05) is 0 Å². The van der Waals surface area contributed by atoms with Crippen LogP contribution in [0.25, 0.3) is 5.76 Å². The number of hydrogen-bond donors (Lipinski definition) is 1. The van der Waals surface area contributed by atoms with Crippen molar-refractivity contribution in [3.8, 4) is 0 Å². The van der Waals surface area contributed by atoms with Gasteiger partial charge in [0.25, 0.3) is 0 Å². The Labute approximate surface area is 124 Å². The Morgan fingerprint density at radius 3 is 2.36 bits per heavy atom. The number of ketones is 1. The molecule has 0 radical (unpaired) electrons. The summed E-state index contributed by atoms with van der Waals surface area (Å²) in [6.45, 7) is 0. The number of Topliss-reactive ketones (excluding diaryl/α,β-unsaturated/α-hetero) is 1. The Morgan fingerprint density at radius 2 is 1.68 bits per heavy atom. The number of carbonyl (C=O) groups is 1. The van der Waals surface area contributed by atoms with Gasteiger partial charge in [0.1, 0.15) is 5.76 Å². The third-order valence-corrected chi connectivity index (χ3v) is 3.67. The van der Waals surface area contributed by atoms with Gasteiger partial charge in [-0.2, -0.15) is 0 Å². The molecule has 0 saturated heterocycles. The maximum Gasteiger partial charge on any atom is 0.194 e. The summed E-state index contributed by atoms with van der Waals surface area (Å²) in [5.74, 6) is -4.71. The number of carbonyl (C=O) groups excluding carboxylic acids is 1. The lowest BCUT2D eigenvalue weighted by Gasteiger charge is -2.18. The van der Waals surface area contributed by atoms with Crippen molar-refractivity contribution in [2.45, 2.75) is 12.8 Å². The number of rotatable bonds is 2. The molecule has 2 aromatic carbocycles. The number of aliphatic hydroxyl groups is 1. The minimum atomic E-state index is -1.55. The molecule has 3 rings (SSSR count). The van der Waals surface area contributed by atoms with E-state index in [4.69, 9.17) is 0 Å². The van der Waals surface area contributed by atoms with E-state index in [1.807, 2.05) is 0 Å². The highest BCUT2D eigenvalue weighted by molar-refractivity contribution is 6.05. The molecule has 0 unspecified atom stereocenters. The van der Waals surface area contributed by atoms with Crippen LogP contribution >= 0.6 is 0 Å². The van der Waals surface area contributed by atoms with Crippen LogP contribution in [-0.2, 0) is 17.6 Å². The maximum atomic E-state index is 13.2. The molecular formula is C17H11F3O2. The quantitative estimate of drug-likeness (QED) is 0.858. The molecule has 2 aromatic rings. The van der Waals surface area contributed by atoms with Crippen molar-refractivity contribution >= 4 is 11.5 Å². The summed E-state index contributed by atoms with van der Waals surface area (Å²) in [7, 11) is 0. The summed E-state index contributed by atoms with van der Waals surface area (Å²) in [5.41, 5.74) is 1.39. The summed E-state index contributed by atoms with van der Waals surface area (Å²) in [6, 6.07) is 8.54. The third kappa shape index (κ3) is 2.39. The van der Waals surface area contributed by atoms with Crippen molar-refractivity contribution in [3.63, 3.8) is 0 Å². The second-order valence-electron chi connectivity index (χ2n) is 5.13. The topological polar surface area (TPSA) is 37.3 Å². The van der Waals surface area contributed by atoms with Crippen LogP contribution in [0.1, 0.15) is 16.7 Å². The minimum Gasteiger partial charge on any atom is -0.507 e. The van der Waals surface area contributed by atoms with Gasteiger partial charge in [0.15, 0.2) is 23.2 Å². The van der Waals surface area contributed by atoms with Gasteiger partial charge >= 0.3 is 0 Å². The average Bonchev–Trinajstić information content (AvgIpc) is 2.49. The molecule has 1 N–H and O–H groups in total. The highest BCUT2D eigenvalue weighted by atomic mass is 19.2. The zero-order chi connectivity index (χ0) is 15.9. The molecule has 0 spiro atoms. The smallest absolute Gasteiger partial charge is 0.194 e. The fourth-order valence-corrected chi connectivity index (χ4v) is 2.58. The van der Waals surface area contributed by atoms with Gasteiger partial charge < -0.3 is 5.11 Å². The number of hydrogen-bond acceptors (Lipinski definition) is 2.